The highest BCUT2D eigenvalue weighted by Crippen LogP contribution is 2.37. The second-order valence-electron chi connectivity index (χ2n) is 10.3. The minimum atomic E-state index is -6.14. The zero-order valence-corrected chi connectivity index (χ0v) is 22.3. The maximum atomic E-state index is 13.7. The third-order valence-corrected chi connectivity index (χ3v) is 6.68. The number of ketones is 1. The summed E-state index contributed by atoms with van der Waals surface area (Å²) in [5.41, 5.74) is 0. The maximum absolute atomic E-state index is 13.7. The molecule has 2 saturated heterocycles. The van der Waals surface area contributed by atoms with Crippen molar-refractivity contribution in [1.82, 2.24) is 20.4 Å². The normalized spacial score (nSPS) is 20.1. The highest BCUT2D eigenvalue weighted by molar-refractivity contribution is 6.00. The highest BCUT2D eigenvalue weighted by Gasteiger charge is 2.64. The van der Waals surface area contributed by atoms with Crippen LogP contribution in [0.25, 0.3) is 0 Å². The fourth-order valence-corrected chi connectivity index (χ4v) is 4.40. The van der Waals surface area contributed by atoms with Crippen molar-refractivity contribution in [3.05, 3.63) is 0 Å². The molecule has 0 bridgehead atoms. The van der Waals surface area contributed by atoms with Gasteiger partial charge in [0.25, 0.3) is 0 Å². The Morgan fingerprint density at radius 2 is 1.44 bits per heavy atom. The van der Waals surface area contributed by atoms with Crippen molar-refractivity contribution in [3.63, 3.8) is 0 Å². The molecule has 2 heterocycles. The molecule has 222 valence electrons. The lowest BCUT2D eigenvalue weighted by Gasteiger charge is -2.32. The molecule has 15 heteroatoms. The number of rotatable bonds is 10. The number of Topliss-reactive ketones (excluding diaryl/α,β-unsaturated/α-hetero) is 1. The third kappa shape index (κ3) is 7.85. The van der Waals surface area contributed by atoms with Crippen LogP contribution in [0, 0.1) is 11.8 Å². The number of hydrogen-bond donors (Lipinski definition) is 2. The smallest absolute Gasteiger partial charge is 0.378 e. The molecule has 39 heavy (non-hydrogen) atoms. The van der Waals surface area contributed by atoms with E-state index in [-0.39, 0.29) is 13.0 Å². The minimum Gasteiger partial charge on any atom is -0.378 e. The zero-order chi connectivity index (χ0) is 29.7. The molecule has 0 aromatic carbocycles. The maximum Gasteiger partial charge on any atom is 0.461 e. The van der Waals surface area contributed by atoms with Gasteiger partial charge in [0, 0.05) is 19.6 Å². The van der Waals surface area contributed by atoms with Gasteiger partial charge in [0.1, 0.15) is 18.5 Å². The molecule has 10 nitrogen and oxygen atoms in total. The summed E-state index contributed by atoms with van der Waals surface area (Å²) in [6.07, 6.45) is -6.26. The molecule has 0 radical (unpaired) electrons. The summed E-state index contributed by atoms with van der Waals surface area (Å²) in [7, 11) is 0. The Morgan fingerprint density at radius 1 is 0.872 bits per heavy atom. The van der Waals surface area contributed by atoms with E-state index in [1.54, 1.807) is 13.8 Å². The standard InChI is InChI=1S/C24H35F5N4O6/c1-13(2)18(20(36)23(25,26)24(27,28)29)31-21(37)15-6-5-7-33(15)22(38)19(14(3)4)30-16(34)12-17(35)32-8-10-39-11-9-32/h13-15,18-19H,5-12H2,1-4H3,(H,30,34)(H,31,37)/t15-,18?,19-/m0/s1. The van der Waals surface area contributed by atoms with Crippen molar-refractivity contribution < 1.29 is 50.7 Å². The fraction of sp³-hybridized carbons (Fsp3) is 0.792. The number of halogens is 5. The van der Waals surface area contributed by atoms with Crippen LogP contribution >= 0.6 is 0 Å². The quantitative estimate of drug-likeness (QED) is 0.301. The van der Waals surface area contributed by atoms with Crippen molar-refractivity contribution >= 4 is 29.4 Å². The molecular formula is C24H35F5N4O6. The Hall–Kier alpha value is -2.84. The second kappa shape index (κ2) is 13.0. The van der Waals surface area contributed by atoms with Gasteiger partial charge in [-0.3, -0.25) is 24.0 Å². The van der Waals surface area contributed by atoms with Gasteiger partial charge in [0.05, 0.1) is 19.3 Å². The summed E-state index contributed by atoms with van der Waals surface area (Å²) < 4.78 is 70.9. The molecule has 4 amide bonds. The van der Waals surface area contributed by atoms with Gasteiger partial charge in [0.2, 0.25) is 29.4 Å². The first-order valence-electron chi connectivity index (χ1n) is 12.7. The van der Waals surface area contributed by atoms with Crippen molar-refractivity contribution in [1.29, 1.82) is 0 Å². The topological polar surface area (TPSA) is 125 Å². The Kier molecular flexibility index (Phi) is 10.8. The second-order valence-corrected chi connectivity index (χ2v) is 10.3. The monoisotopic (exact) mass is 570 g/mol. The lowest BCUT2D eigenvalue weighted by Crippen LogP contribution is -2.60. The number of morpholine rings is 1. The van der Waals surface area contributed by atoms with E-state index in [1.165, 1.54) is 18.7 Å². The van der Waals surface area contributed by atoms with E-state index in [0.717, 1.165) is 4.90 Å². The number of amides is 4. The molecule has 2 aliphatic rings. The number of ether oxygens (including phenoxy) is 1. The average Bonchev–Trinajstić information content (AvgIpc) is 3.34. The summed E-state index contributed by atoms with van der Waals surface area (Å²) in [6, 6.07) is -4.54. The SMILES string of the molecule is CC(C)C(NC(=O)[C@@H]1CCCN1C(=O)[C@@H](NC(=O)CC(=O)N1CCOCC1)C(C)C)C(=O)C(F)(F)C(F)(F)F. The fourth-order valence-electron chi connectivity index (χ4n) is 4.40. The first-order chi connectivity index (χ1) is 18.0. The van der Waals surface area contributed by atoms with Crippen molar-refractivity contribution in [2.45, 2.75) is 77.2 Å². The van der Waals surface area contributed by atoms with Gasteiger partial charge in [-0.1, -0.05) is 27.7 Å². The summed E-state index contributed by atoms with van der Waals surface area (Å²) in [6.45, 7) is 7.07. The van der Waals surface area contributed by atoms with Crippen LogP contribution in [0.4, 0.5) is 22.0 Å². The van der Waals surface area contributed by atoms with Crippen molar-refractivity contribution in [3.8, 4) is 0 Å². The number of likely N-dealkylation sites (tertiary alicyclic amines) is 1. The van der Waals surface area contributed by atoms with Crippen LogP contribution in [0.3, 0.4) is 0 Å². The average molecular weight is 571 g/mol. The van der Waals surface area contributed by atoms with E-state index in [4.69, 9.17) is 4.74 Å². The van der Waals surface area contributed by atoms with Crippen LogP contribution < -0.4 is 10.6 Å². The van der Waals surface area contributed by atoms with Crippen molar-refractivity contribution in [2.75, 3.05) is 32.8 Å². The molecule has 0 aromatic heterocycles. The van der Waals surface area contributed by atoms with Gasteiger partial charge < -0.3 is 25.2 Å². The Labute approximate surface area is 222 Å². The lowest BCUT2D eigenvalue weighted by molar-refractivity contribution is -0.270. The largest absolute Gasteiger partial charge is 0.461 e. The molecule has 0 aromatic rings. The number of nitrogens with zero attached hydrogens (tertiary/aromatic N) is 2. The predicted molar refractivity (Wildman–Crippen MR) is 126 cm³/mol. The first kappa shape index (κ1) is 32.4. The third-order valence-electron chi connectivity index (χ3n) is 6.68. The van der Waals surface area contributed by atoms with E-state index < -0.39 is 77.9 Å². The Balaban J connectivity index is 2.12. The van der Waals surface area contributed by atoms with E-state index in [1.807, 2.05) is 5.32 Å². The molecule has 3 atom stereocenters. The van der Waals surface area contributed by atoms with Crippen LogP contribution in [-0.4, -0.2) is 102 Å². The van der Waals surface area contributed by atoms with E-state index >= 15 is 0 Å². The summed E-state index contributed by atoms with van der Waals surface area (Å²) >= 11 is 0. The first-order valence-corrected chi connectivity index (χ1v) is 12.7. The number of carbonyl (C=O) groups is 5. The molecular weight excluding hydrogens is 535 g/mol. The molecule has 2 aliphatic heterocycles. The lowest BCUT2D eigenvalue weighted by atomic mass is 9.95. The predicted octanol–water partition coefficient (Wildman–Crippen LogP) is 1.27. The van der Waals surface area contributed by atoms with Crippen LogP contribution in [0.1, 0.15) is 47.0 Å². The zero-order valence-electron chi connectivity index (χ0n) is 22.3. The molecule has 2 fully saturated rings. The molecule has 2 rings (SSSR count). The molecule has 1 unspecified atom stereocenters. The minimum absolute atomic E-state index is 0.0573. The van der Waals surface area contributed by atoms with Gasteiger partial charge in [0.15, 0.2) is 0 Å². The van der Waals surface area contributed by atoms with Crippen LogP contribution in [-0.2, 0) is 28.7 Å². The van der Waals surface area contributed by atoms with E-state index in [2.05, 4.69) is 5.32 Å². The highest BCUT2D eigenvalue weighted by atomic mass is 19.4. The van der Waals surface area contributed by atoms with Crippen molar-refractivity contribution in [2.24, 2.45) is 11.8 Å². The van der Waals surface area contributed by atoms with Gasteiger partial charge in [-0.05, 0) is 24.7 Å². The molecule has 0 saturated carbocycles. The van der Waals surface area contributed by atoms with Gasteiger partial charge in [-0.25, -0.2) is 0 Å². The number of nitrogens with one attached hydrogen (secondary N) is 2. The van der Waals surface area contributed by atoms with E-state index in [9.17, 15) is 45.9 Å². The molecule has 0 spiro atoms. The van der Waals surface area contributed by atoms with E-state index in [0.29, 0.717) is 32.7 Å². The molecule has 2 N–H and O–H groups in total. The summed E-state index contributed by atoms with van der Waals surface area (Å²) in [5.74, 6) is -12.6. The van der Waals surface area contributed by atoms with Gasteiger partial charge in [-0.15, -0.1) is 0 Å². The summed E-state index contributed by atoms with van der Waals surface area (Å²) in [4.78, 5) is 65.9. The van der Waals surface area contributed by atoms with Gasteiger partial charge in [-0.2, -0.15) is 22.0 Å². The number of carbonyl (C=O) groups excluding carboxylic acids is 5. The Bertz CT molecular complexity index is 936. The number of alkyl halides is 5. The molecule has 0 aliphatic carbocycles. The van der Waals surface area contributed by atoms with Crippen LogP contribution in [0.5, 0.6) is 0 Å². The number of hydrogen-bond acceptors (Lipinski definition) is 6. The van der Waals surface area contributed by atoms with Gasteiger partial charge >= 0.3 is 12.1 Å². The van der Waals surface area contributed by atoms with Crippen LogP contribution in [0.2, 0.25) is 0 Å². The summed E-state index contributed by atoms with van der Waals surface area (Å²) in [5, 5.41) is 4.50. The Morgan fingerprint density at radius 3 is 1.95 bits per heavy atom. The van der Waals surface area contributed by atoms with Crippen LogP contribution in [0.15, 0.2) is 0 Å².